The molecular weight excluding hydrogens is 219 g/mol. The molecule has 1 fully saturated rings. The molecule has 0 aromatic heterocycles. The summed E-state index contributed by atoms with van der Waals surface area (Å²) in [6.45, 7) is 1.77. The summed E-state index contributed by atoms with van der Waals surface area (Å²) < 4.78 is 19.3. The van der Waals surface area contributed by atoms with E-state index in [4.69, 9.17) is 10.00 Å². The van der Waals surface area contributed by atoms with Gasteiger partial charge in [-0.15, -0.1) is 0 Å². The lowest BCUT2D eigenvalue weighted by atomic mass is 10.1. The lowest BCUT2D eigenvalue weighted by molar-refractivity contribution is 0.160. The standard InChI is InChI=1S/C13H15FN2O/c14-12-8-10(5-6-15)3-4-13(12)17-11-2-1-7-16-9-11/h3-4,8,11,16H,1-2,5,7,9H2. The van der Waals surface area contributed by atoms with Crippen LogP contribution in [0.25, 0.3) is 0 Å². The molecule has 1 aromatic rings. The van der Waals surface area contributed by atoms with Crippen LogP contribution < -0.4 is 10.1 Å². The molecule has 1 N–H and O–H groups in total. The molecule has 0 aliphatic carbocycles. The van der Waals surface area contributed by atoms with Gasteiger partial charge in [-0.05, 0) is 37.1 Å². The predicted molar refractivity (Wildman–Crippen MR) is 62.2 cm³/mol. The number of hydrogen-bond acceptors (Lipinski definition) is 3. The molecular formula is C13H15FN2O. The Morgan fingerprint density at radius 1 is 1.53 bits per heavy atom. The van der Waals surface area contributed by atoms with Gasteiger partial charge < -0.3 is 10.1 Å². The number of halogens is 1. The van der Waals surface area contributed by atoms with Crippen LogP contribution in [0, 0.1) is 17.1 Å². The average Bonchev–Trinajstić information content (AvgIpc) is 2.34. The normalized spacial score (nSPS) is 19.6. The van der Waals surface area contributed by atoms with Crippen LogP contribution in [0.5, 0.6) is 5.75 Å². The fourth-order valence-corrected chi connectivity index (χ4v) is 1.94. The topological polar surface area (TPSA) is 45.0 Å². The van der Waals surface area contributed by atoms with Gasteiger partial charge in [0.05, 0.1) is 12.5 Å². The first-order valence-electron chi connectivity index (χ1n) is 5.82. The molecule has 1 aromatic carbocycles. The van der Waals surface area contributed by atoms with Crippen LogP contribution in [0.15, 0.2) is 18.2 Å². The van der Waals surface area contributed by atoms with E-state index in [0.29, 0.717) is 5.56 Å². The number of piperidine rings is 1. The van der Waals surface area contributed by atoms with Crippen LogP contribution in [0.3, 0.4) is 0 Å². The zero-order chi connectivity index (χ0) is 12.1. The van der Waals surface area contributed by atoms with Crippen molar-refractivity contribution in [2.24, 2.45) is 0 Å². The summed E-state index contributed by atoms with van der Waals surface area (Å²) in [5.41, 5.74) is 0.680. The Morgan fingerprint density at radius 3 is 3.06 bits per heavy atom. The lowest BCUT2D eigenvalue weighted by Gasteiger charge is -2.24. The molecule has 3 nitrogen and oxygen atoms in total. The first-order valence-corrected chi connectivity index (χ1v) is 5.82. The maximum absolute atomic E-state index is 13.7. The molecule has 1 aliphatic heterocycles. The summed E-state index contributed by atoms with van der Waals surface area (Å²) in [4.78, 5) is 0. The molecule has 0 amide bonds. The first-order chi connectivity index (χ1) is 8.29. The van der Waals surface area contributed by atoms with Crippen molar-refractivity contribution in [3.63, 3.8) is 0 Å². The monoisotopic (exact) mass is 234 g/mol. The molecule has 0 radical (unpaired) electrons. The number of hydrogen-bond donors (Lipinski definition) is 1. The fourth-order valence-electron chi connectivity index (χ4n) is 1.94. The van der Waals surface area contributed by atoms with Gasteiger partial charge in [0, 0.05) is 6.54 Å². The molecule has 1 atom stereocenters. The Hall–Kier alpha value is -1.60. The highest BCUT2D eigenvalue weighted by atomic mass is 19.1. The van der Waals surface area contributed by atoms with Crippen molar-refractivity contribution < 1.29 is 9.13 Å². The molecule has 4 heteroatoms. The van der Waals surface area contributed by atoms with E-state index in [1.54, 1.807) is 12.1 Å². The lowest BCUT2D eigenvalue weighted by Crippen LogP contribution is -2.37. The van der Waals surface area contributed by atoms with Gasteiger partial charge in [0.15, 0.2) is 11.6 Å². The van der Waals surface area contributed by atoms with Crippen LogP contribution in [0.4, 0.5) is 4.39 Å². The predicted octanol–water partition coefficient (Wildman–Crippen LogP) is 2.02. The van der Waals surface area contributed by atoms with Gasteiger partial charge in [-0.2, -0.15) is 5.26 Å². The molecule has 1 saturated heterocycles. The second-order valence-corrected chi connectivity index (χ2v) is 4.19. The summed E-state index contributed by atoms with van der Waals surface area (Å²) in [6, 6.07) is 6.71. The smallest absolute Gasteiger partial charge is 0.165 e. The van der Waals surface area contributed by atoms with E-state index in [-0.39, 0.29) is 24.1 Å². The summed E-state index contributed by atoms with van der Waals surface area (Å²) >= 11 is 0. The van der Waals surface area contributed by atoms with Crippen molar-refractivity contribution in [2.75, 3.05) is 13.1 Å². The van der Waals surface area contributed by atoms with Crippen molar-refractivity contribution >= 4 is 0 Å². The average molecular weight is 234 g/mol. The second kappa shape index (κ2) is 5.65. The summed E-state index contributed by atoms with van der Waals surface area (Å²) in [7, 11) is 0. The Bertz CT molecular complexity index is 422. The van der Waals surface area contributed by atoms with Crippen LogP contribution in [0.2, 0.25) is 0 Å². The molecule has 0 spiro atoms. The van der Waals surface area contributed by atoms with E-state index in [1.165, 1.54) is 6.07 Å². The minimum absolute atomic E-state index is 0.0417. The number of nitriles is 1. The fraction of sp³-hybridized carbons (Fsp3) is 0.462. The summed E-state index contributed by atoms with van der Waals surface area (Å²) in [6.07, 6.45) is 2.27. The van der Waals surface area contributed by atoms with Gasteiger partial charge in [0.25, 0.3) is 0 Å². The van der Waals surface area contributed by atoms with E-state index in [1.807, 2.05) is 6.07 Å². The Kier molecular flexibility index (Phi) is 3.94. The minimum Gasteiger partial charge on any atom is -0.486 e. The van der Waals surface area contributed by atoms with Gasteiger partial charge >= 0.3 is 0 Å². The van der Waals surface area contributed by atoms with Crippen LogP contribution in [-0.4, -0.2) is 19.2 Å². The third kappa shape index (κ3) is 3.18. The first kappa shape index (κ1) is 11.9. The molecule has 1 heterocycles. The maximum atomic E-state index is 13.7. The molecule has 1 unspecified atom stereocenters. The SMILES string of the molecule is N#CCc1ccc(OC2CCCNC2)c(F)c1. The molecule has 2 rings (SSSR count). The van der Waals surface area contributed by atoms with Gasteiger partial charge in [-0.3, -0.25) is 0 Å². The molecule has 1 aliphatic rings. The Labute approximate surface area is 100 Å². The molecule has 17 heavy (non-hydrogen) atoms. The van der Waals surface area contributed by atoms with Crippen molar-refractivity contribution in [3.8, 4) is 11.8 Å². The van der Waals surface area contributed by atoms with E-state index in [0.717, 1.165) is 25.9 Å². The van der Waals surface area contributed by atoms with Crippen LogP contribution >= 0.6 is 0 Å². The Morgan fingerprint density at radius 2 is 2.41 bits per heavy atom. The Balaban J connectivity index is 2.03. The largest absolute Gasteiger partial charge is 0.486 e. The summed E-state index contributed by atoms with van der Waals surface area (Å²) in [5.74, 6) is -0.108. The van der Waals surface area contributed by atoms with E-state index in [9.17, 15) is 4.39 Å². The number of benzene rings is 1. The highest BCUT2D eigenvalue weighted by Gasteiger charge is 2.16. The van der Waals surface area contributed by atoms with E-state index >= 15 is 0 Å². The van der Waals surface area contributed by atoms with E-state index in [2.05, 4.69) is 5.32 Å². The highest BCUT2D eigenvalue weighted by Crippen LogP contribution is 2.21. The van der Waals surface area contributed by atoms with Gasteiger partial charge in [0.1, 0.15) is 6.10 Å². The number of nitrogens with one attached hydrogen (secondary N) is 1. The highest BCUT2D eigenvalue weighted by molar-refractivity contribution is 5.30. The van der Waals surface area contributed by atoms with Crippen LogP contribution in [-0.2, 0) is 6.42 Å². The second-order valence-electron chi connectivity index (χ2n) is 4.19. The number of rotatable bonds is 3. The van der Waals surface area contributed by atoms with Crippen molar-refractivity contribution in [1.82, 2.24) is 5.32 Å². The quantitative estimate of drug-likeness (QED) is 0.870. The zero-order valence-corrected chi connectivity index (χ0v) is 9.58. The minimum atomic E-state index is -0.386. The molecule has 90 valence electrons. The molecule has 0 saturated carbocycles. The summed E-state index contributed by atoms with van der Waals surface area (Å²) in [5, 5.41) is 11.7. The van der Waals surface area contributed by atoms with Crippen molar-refractivity contribution in [2.45, 2.75) is 25.4 Å². The number of ether oxygens (including phenoxy) is 1. The van der Waals surface area contributed by atoms with Gasteiger partial charge in [-0.1, -0.05) is 6.07 Å². The van der Waals surface area contributed by atoms with Crippen molar-refractivity contribution in [3.05, 3.63) is 29.6 Å². The van der Waals surface area contributed by atoms with Gasteiger partial charge in [-0.25, -0.2) is 4.39 Å². The third-order valence-corrected chi connectivity index (χ3v) is 2.82. The number of nitrogens with zero attached hydrogens (tertiary/aromatic N) is 1. The third-order valence-electron chi connectivity index (χ3n) is 2.82. The van der Waals surface area contributed by atoms with E-state index < -0.39 is 0 Å². The zero-order valence-electron chi connectivity index (χ0n) is 9.58. The van der Waals surface area contributed by atoms with Crippen molar-refractivity contribution in [1.29, 1.82) is 5.26 Å². The van der Waals surface area contributed by atoms with Gasteiger partial charge in [0.2, 0.25) is 0 Å². The van der Waals surface area contributed by atoms with Crippen LogP contribution in [0.1, 0.15) is 18.4 Å². The maximum Gasteiger partial charge on any atom is 0.165 e. The molecule has 0 bridgehead atoms.